The van der Waals surface area contributed by atoms with E-state index in [1.54, 1.807) is 0 Å². The molecule has 184 valence electrons. The Balaban J connectivity index is 0.000000241. The van der Waals surface area contributed by atoms with Crippen LogP contribution < -0.4 is 24.8 Å². The van der Waals surface area contributed by atoms with E-state index in [1.165, 1.54) is 66.1 Å². The first kappa shape index (κ1) is 30.8. The number of aryl methyl sites for hydroxylation is 4. The minimum absolute atomic E-state index is 0. The fourth-order valence-electron chi connectivity index (χ4n) is 5.11. The minimum Gasteiger partial charge on any atom is -1.00 e. The van der Waals surface area contributed by atoms with Crippen molar-refractivity contribution in [2.75, 3.05) is 0 Å². The third-order valence-corrected chi connectivity index (χ3v) is 6.64. The Morgan fingerprint density at radius 1 is 0.432 bits per heavy atom. The molecule has 6 aromatic rings. The van der Waals surface area contributed by atoms with Gasteiger partial charge in [-0.15, -0.1) is 0 Å². The van der Waals surface area contributed by atoms with Gasteiger partial charge in [0.2, 0.25) is 0 Å². The Kier molecular flexibility index (Phi) is 11.1. The van der Waals surface area contributed by atoms with Crippen molar-refractivity contribution < 1.29 is 50.7 Å². The summed E-state index contributed by atoms with van der Waals surface area (Å²) in [5.74, 6) is 0. The van der Waals surface area contributed by atoms with Crippen molar-refractivity contribution in [1.82, 2.24) is 0 Å². The molecule has 0 bridgehead atoms. The van der Waals surface area contributed by atoms with Crippen LogP contribution in [0.5, 0.6) is 0 Å². The van der Waals surface area contributed by atoms with Gasteiger partial charge >= 0.3 is 25.8 Å². The molecule has 0 nitrogen and oxygen atoms in total. The number of hydrogen-bond donors (Lipinski definition) is 0. The third-order valence-electron chi connectivity index (χ3n) is 6.64. The molecule has 6 rings (SSSR count). The van der Waals surface area contributed by atoms with E-state index in [-0.39, 0.29) is 50.7 Å². The summed E-state index contributed by atoms with van der Waals surface area (Å²) in [6.45, 7) is 8.68. The summed E-state index contributed by atoms with van der Waals surface area (Å²) in [5.41, 5.74) is 10.8. The fraction of sp³-hybridized carbons (Fsp3) is 0.118. The molecule has 0 aliphatic heterocycles. The molecule has 0 atom stereocenters. The summed E-state index contributed by atoms with van der Waals surface area (Å²) in [6, 6.07) is 39.2. The second kappa shape index (κ2) is 13.4. The Bertz CT molecular complexity index is 1470. The van der Waals surface area contributed by atoms with E-state index < -0.39 is 0 Å². The second-order valence-corrected chi connectivity index (χ2v) is 9.31. The van der Waals surface area contributed by atoms with Crippen LogP contribution in [0.25, 0.3) is 43.8 Å². The first-order valence-corrected chi connectivity index (χ1v) is 12.0. The zero-order chi connectivity index (χ0) is 23.7. The standard InChI is InChI=1S/2C17H15.2ClH.Hf/c2*1-12-10-13(2)17(11-12)16-9-5-7-14-6-3-4-8-15(14)16;;;/h2*3-11H,1-2H3;2*1H;/q2*-1;;;+4/p-2. The first-order chi connectivity index (χ1) is 16.5. The maximum absolute atomic E-state index is 2.27. The zero-order valence-corrected chi connectivity index (χ0v) is 26.8. The molecule has 0 N–H and O–H groups in total. The van der Waals surface area contributed by atoms with E-state index in [2.05, 4.69) is 137 Å². The molecule has 0 fully saturated rings. The SMILES string of the molecule is Cc1cc(-c2cccc3ccccc23)c(C)[cH-]1.Cc1cc(-c2cccc3ccccc23)c(C)[cH-]1.[Cl-].[Cl-].[Hf+4]. The molecule has 0 unspecified atom stereocenters. The van der Waals surface area contributed by atoms with Gasteiger partial charge in [0.15, 0.2) is 0 Å². The molecule has 0 heterocycles. The van der Waals surface area contributed by atoms with E-state index in [4.69, 9.17) is 0 Å². The van der Waals surface area contributed by atoms with Crippen molar-refractivity contribution in [3.63, 3.8) is 0 Å². The molecular formula is C34H30Cl2Hf. The Hall–Kier alpha value is -2.45. The average molecular weight is 688 g/mol. The number of hydrogen-bond acceptors (Lipinski definition) is 0. The molecule has 6 aromatic carbocycles. The molecule has 0 saturated carbocycles. The van der Waals surface area contributed by atoms with Crippen molar-refractivity contribution in [3.05, 3.63) is 131 Å². The van der Waals surface area contributed by atoms with Gasteiger partial charge in [-0.25, -0.2) is 12.1 Å². The van der Waals surface area contributed by atoms with Crippen molar-refractivity contribution in [1.29, 1.82) is 0 Å². The van der Waals surface area contributed by atoms with Crippen LogP contribution in [0.15, 0.2) is 109 Å². The van der Waals surface area contributed by atoms with Crippen molar-refractivity contribution in [3.8, 4) is 22.3 Å². The van der Waals surface area contributed by atoms with Gasteiger partial charge in [-0.2, -0.15) is 45.5 Å². The number of rotatable bonds is 2. The monoisotopic (exact) mass is 688 g/mol. The Labute approximate surface area is 252 Å². The molecular weight excluding hydrogens is 658 g/mol. The van der Waals surface area contributed by atoms with Gasteiger partial charge in [0.1, 0.15) is 0 Å². The summed E-state index contributed by atoms with van der Waals surface area (Å²) < 4.78 is 0. The fourth-order valence-corrected chi connectivity index (χ4v) is 5.11. The molecule has 0 aromatic heterocycles. The van der Waals surface area contributed by atoms with Gasteiger partial charge in [-0.1, -0.05) is 124 Å². The summed E-state index contributed by atoms with van der Waals surface area (Å²) in [7, 11) is 0. The normalized spacial score (nSPS) is 10.1. The largest absolute Gasteiger partial charge is 4.00 e. The van der Waals surface area contributed by atoms with Gasteiger partial charge in [-0.3, -0.25) is 0 Å². The Morgan fingerprint density at radius 3 is 1.14 bits per heavy atom. The number of halogens is 2. The van der Waals surface area contributed by atoms with Crippen LogP contribution in [0.2, 0.25) is 0 Å². The van der Waals surface area contributed by atoms with Gasteiger partial charge in [0, 0.05) is 0 Å². The molecule has 0 aliphatic carbocycles. The van der Waals surface area contributed by atoms with E-state index in [0.29, 0.717) is 0 Å². The smallest absolute Gasteiger partial charge is 1.00 e. The van der Waals surface area contributed by atoms with Crippen LogP contribution in [-0.4, -0.2) is 0 Å². The molecule has 3 heteroatoms. The number of fused-ring (bicyclic) bond motifs is 2. The molecule has 0 radical (unpaired) electrons. The topological polar surface area (TPSA) is 0 Å². The van der Waals surface area contributed by atoms with Crippen LogP contribution in [-0.2, 0) is 25.8 Å². The van der Waals surface area contributed by atoms with E-state index >= 15 is 0 Å². The van der Waals surface area contributed by atoms with Crippen LogP contribution in [0.1, 0.15) is 22.3 Å². The van der Waals surface area contributed by atoms with E-state index in [9.17, 15) is 0 Å². The van der Waals surface area contributed by atoms with Crippen molar-refractivity contribution >= 4 is 21.5 Å². The predicted molar refractivity (Wildman–Crippen MR) is 149 cm³/mol. The summed E-state index contributed by atoms with van der Waals surface area (Å²) in [4.78, 5) is 0. The minimum atomic E-state index is 0. The predicted octanol–water partition coefficient (Wildman–Crippen LogP) is 3.69. The second-order valence-electron chi connectivity index (χ2n) is 9.31. The molecule has 0 amide bonds. The summed E-state index contributed by atoms with van der Waals surface area (Å²) in [6.07, 6.45) is 0. The molecule has 0 spiro atoms. The zero-order valence-electron chi connectivity index (χ0n) is 21.6. The Morgan fingerprint density at radius 2 is 0.784 bits per heavy atom. The molecule has 0 aliphatic rings. The maximum atomic E-state index is 2.27. The van der Waals surface area contributed by atoms with Gasteiger partial charge in [0.05, 0.1) is 0 Å². The maximum Gasteiger partial charge on any atom is 4.00 e. The first-order valence-electron chi connectivity index (χ1n) is 12.0. The quantitative estimate of drug-likeness (QED) is 0.193. The van der Waals surface area contributed by atoms with Crippen molar-refractivity contribution in [2.24, 2.45) is 0 Å². The summed E-state index contributed by atoms with van der Waals surface area (Å²) >= 11 is 0. The van der Waals surface area contributed by atoms with Crippen molar-refractivity contribution in [2.45, 2.75) is 27.7 Å². The van der Waals surface area contributed by atoms with Crippen LogP contribution >= 0.6 is 0 Å². The summed E-state index contributed by atoms with van der Waals surface area (Å²) in [5, 5.41) is 5.29. The average Bonchev–Trinajstić information content (AvgIpc) is 3.37. The van der Waals surface area contributed by atoms with E-state index in [1.807, 2.05) is 0 Å². The van der Waals surface area contributed by atoms with Crippen LogP contribution in [0.4, 0.5) is 0 Å². The van der Waals surface area contributed by atoms with E-state index in [0.717, 1.165) is 0 Å². The van der Waals surface area contributed by atoms with Gasteiger partial charge < -0.3 is 24.8 Å². The third kappa shape index (κ3) is 6.52. The molecule has 0 saturated heterocycles. The van der Waals surface area contributed by atoms with Crippen LogP contribution in [0.3, 0.4) is 0 Å². The number of benzene rings is 4. The van der Waals surface area contributed by atoms with Crippen LogP contribution in [0, 0.1) is 27.7 Å². The molecule has 37 heavy (non-hydrogen) atoms. The van der Waals surface area contributed by atoms with Gasteiger partial charge in [-0.05, 0) is 21.5 Å². The van der Waals surface area contributed by atoms with Gasteiger partial charge in [0.25, 0.3) is 0 Å².